The summed E-state index contributed by atoms with van der Waals surface area (Å²) in [5.41, 5.74) is 0.231. The van der Waals surface area contributed by atoms with E-state index in [1.807, 2.05) is 30.3 Å². The van der Waals surface area contributed by atoms with Crippen molar-refractivity contribution in [1.82, 2.24) is 10.6 Å². The van der Waals surface area contributed by atoms with Crippen LogP contribution in [0.1, 0.15) is 71.2 Å². The molecule has 1 aliphatic heterocycles. The molecule has 39 heavy (non-hydrogen) atoms. The molecule has 4 fully saturated rings. The van der Waals surface area contributed by atoms with E-state index in [0.717, 1.165) is 23.6 Å². The van der Waals surface area contributed by atoms with E-state index in [1.54, 1.807) is 6.07 Å². The van der Waals surface area contributed by atoms with E-state index in [1.165, 1.54) is 6.92 Å². The summed E-state index contributed by atoms with van der Waals surface area (Å²) in [6.07, 6.45) is 1.66. The third kappa shape index (κ3) is 5.05. The molecule has 1 unspecified atom stereocenters. The lowest BCUT2D eigenvalue weighted by Gasteiger charge is -2.64. The van der Waals surface area contributed by atoms with Crippen molar-refractivity contribution < 1.29 is 24.0 Å². The zero-order chi connectivity index (χ0) is 28.3. The molecule has 0 aromatic heterocycles. The molecule has 3 N–H and O–H groups in total. The fraction of sp³-hybridized carbons (Fsp3) is 0.600. The fourth-order valence-electron chi connectivity index (χ4n) is 7.12. The molecule has 2 amide bonds. The van der Waals surface area contributed by atoms with E-state index >= 15 is 0 Å². The standard InChI is InChI=1S/C30H40BBrN2O5/c1-16(2)13-24(31-38-23-15-19-14-22(29(19,4)5)30(23,6)39-31)33-28(37)26(17(3)35)34-27(36)21-12-11-18-9-7-8-10-20(18)25(21)32/h7-12,16-17,19,22-24,26,35H,13-15H2,1-6H3,(H,33,37)(H,34,36)/t17?,19-,22-,23+,24-,26-,30-/m0/s1. The van der Waals surface area contributed by atoms with Gasteiger partial charge >= 0.3 is 7.12 Å². The van der Waals surface area contributed by atoms with Crippen LogP contribution in [0.4, 0.5) is 0 Å². The lowest BCUT2D eigenvalue weighted by atomic mass is 9.43. The predicted molar refractivity (Wildman–Crippen MR) is 156 cm³/mol. The number of rotatable bonds is 8. The Labute approximate surface area is 240 Å². The summed E-state index contributed by atoms with van der Waals surface area (Å²) < 4.78 is 13.8. The third-order valence-corrected chi connectivity index (χ3v) is 10.4. The van der Waals surface area contributed by atoms with Crippen LogP contribution in [0.15, 0.2) is 40.9 Å². The highest BCUT2D eigenvalue weighted by Gasteiger charge is 2.68. The Balaban J connectivity index is 1.32. The minimum absolute atomic E-state index is 0.00311. The number of carbonyl (C=O) groups is 2. The summed E-state index contributed by atoms with van der Waals surface area (Å²) in [4.78, 5) is 26.8. The number of carbonyl (C=O) groups excluding carboxylic acids is 2. The van der Waals surface area contributed by atoms with Crippen molar-refractivity contribution in [3.63, 3.8) is 0 Å². The van der Waals surface area contributed by atoms with Crippen molar-refractivity contribution in [1.29, 1.82) is 0 Å². The Hall–Kier alpha value is -1.94. The summed E-state index contributed by atoms with van der Waals surface area (Å²) in [5, 5.41) is 18.3. The first kappa shape index (κ1) is 28.6. The van der Waals surface area contributed by atoms with Gasteiger partial charge in [-0.1, -0.05) is 58.0 Å². The number of nitrogens with one attached hydrogen (secondary N) is 2. The number of fused-ring (bicyclic) bond motifs is 1. The maximum absolute atomic E-state index is 13.6. The van der Waals surface area contributed by atoms with Crippen molar-refractivity contribution in [2.75, 3.05) is 0 Å². The first-order valence-electron chi connectivity index (χ1n) is 14.1. The van der Waals surface area contributed by atoms with Gasteiger partial charge in [0.25, 0.3) is 5.91 Å². The highest BCUT2D eigenvalue weighted by Crippen LogP contribution is 2.65. The summed E-state index contributed by atoms with van der Waals surface area (Å²) in [7, 11) is -0.582. The normalized spacial score (nSPS) is 29.4. The lowest BCUT2D eigenvalue weighted by Crippen LogP contribution is -2.65. The van der Waals surface area contributed by atoms with Gasteiger partial charge in [-0.15, -0.1) is 0 Å². The average molecular weight is 599 g/mol. The average Bonchev–Trinajstić information content (AvgIpc) is 3.23. The molecule has 6 rings (SSSR count). The Morgan fingerprint density at radius 3 is 2.49 bits per heavy atom. The molecule has 2 bridgehead atoms. The summed E-state index contributed by atoms with van der Waals surface area (Å²) in [5.74, 6) is 0.00660. The van der Waals surface area contributed by atoms with Gasteiger partial charge in [0, 0.05) is 4.47 Å². The SMILES string of the molecule is CC(C)C[C@H](NC(=O)[C@@H](NC(=O)c1ccc2ccccc2c1Br)C(C)O)B1O[C@@H]2C[C@@H]3C[C@@H](C3(C)C)[C@]2(C)O1. The quantitative estimate of drug-likeness (QED) is 0.376. The Kier molecular flexibility index (Phi) is 7.68. The largest absolute Gasteiger partial charge is 0.481 e. The molecular weight excluding hydrogens is 559 g/mol. The van der Waals surface area contributed by atoms with E-state index in [2.05, 4.69) is 61.2 Å². The van der Waals surface area contributed by atoms with Crippen molar-refractivity contribution in [2.24, 2.45) is 23.2 Å². The minimum atomic E-state index is -1.14. The summed E-state index contributed by atoms with van der Waals surface area (Å²) in [6, 6.07) is 10.2. The number of hydrogen-bond donors (Lipinski definition) is 3. The van der Waals surface area contributed by atoms with Gasteiger partial charge in [-0.2, -0.15) is 0 Å². The van der Waals surface area contributed by atoms with Gasteiger partial charge in [0.15, 0.2) is 0 Å². The molecule has 7 atom stereocenters. The van der Waals surface area contributed by atoms with Crippen molar-refractivity contribution in [2.45, 2.75) is 90.6 Å². The fourth-order valence-corrected chi connectivity index (χ4v) is 7.80. The molecular formula is C30H40BBrN2O5. The van der Waals surface area contributed by atoms with Gasteiger partial charge < -0.3 is 25.0 Å². The first-order chi connectivity index (χ1) is 18.3. The zero-order valence-corrected chi connectivity index (χ0v) is 25.2. The monoisotopic (exact) mass is 598 g/mol. The van der Waals surface area contributed by atoms with E-state index in [9.17, 15) is 14.7 Å². The Morgan fingerprint density at radius 1 is 1.10 bits per heavy atom. The van der Waals surface area contributed by atoms with Crippen LogP contribution in [0.3, 0.4) is 0 Å². The molecule has 2 aromatic rings. The van der Waals surface area contributed by atoms with Gasteiger partial charge in [0.05, 0.1) is 29.3 Å². The van der Waals surface area contributed by atoms with E-state index in [0.29, 0.717) is 28.3 Å². The van der Waals surface area contributed by atoms with Crippen LogP contribution in [0.25, 0.3) is 10.8 Å². The molecule has 1 saturated heterocycles. The van der Waals surface area contributed by atoms with Gasteiger partial charge in [0.1, 0.15) is 6.04 Å². The number of hydrogen-bond acceptors (Lipinski definition) is 5. The maximum atomic E-state index is 13.6. The highest BCUT2D eigenvalue weighted by atomic mass is 79.9. The second-order valence-corrected chi connectivity index (χ2v) is 13.7. The second kappa shape index (κ2) is 10.5. The molecule has 2 aromatic carbocycles. The number of aliphatic hydroxyl groups is 1. The van der Waals surface area contributed by atoms with Crippen LogP contribution >= 0.6 is 15.9 Å². The highest BCUT2D eigenvalue weighted by molar-refractivity contribution is 9.10. The Bertz CT molecular complexity index is 1270. The van der Waals surface area contributed by atoms with Crippen molar-refractivity contribution in [3.05, 3.63) is 46.4 Å². The summed E-state index contributed by atoms with van der Waals surface area (Å²) in [6.45, 7) is 12.5. The van der Waals surface area contributed by atoms with E-state index in [4.69, 9.17) is 9.31 Å². The smallest absolute Gasteiger partial charge is 0.404 e. The molecule has 0 radical (unpaired) electrons. The molecule has 7 nitrogen and oxygen atoms in total. The predicted octanol–water partition coefficient (Wildman–Crippen LogP) is 4.88. The van der Waals surface area contributed by atoms with Crippen molar-refractivity contribution in [3.8, 4) is 0 Å². The number of amides is 2. The van der Waals surface area contributed by atoms with Crippen molar-refractivity contribution >= 4 is 45.6 Å². The van der Waals surface area contributed by atoms with E-state index in [-0.39, 0.29) is 23.0 Å². The molecule has 210 valence electrons. The van der Waals surface area contributed by atoms with Gasteiger partial charge in [0.2, 0.25) is 5.91 Å². The van der Waals surface area contributed by atoms with Crippen LogP contribution < -0.4 is 10.6 Å². The lowest BCUT2D eigenvalue weighted by molar-refractivity contribution is -0.199. The number of aliphatic hydroxyl groups excluding tert-OH is 1. The topological polar surface area (TPSA) is 96.9 Å². The van der Waals surface area contributed by atoms with Crippen LogP contribution in [-0.4, -0.2) is 53.8 Å². The maximum Gasteiger partial charge on any atom is 0.481 e. The second-order valence-electron chi connectivity index (χ2n) is 12.9. The molecule has 3 aliphatic carbocycles. The molecule has 1 heterocycles. The number of halogens is 1. The molecule has 4 aliphatic rings. The summed E-state index contributed by atoms with van der Waals surface area (Å²) >= 11 is 3.55. The van der Waals surface area contributed by atoms with Crippen LogP contribution in [0.5, 0.6) is 0 Å². The van der Waals surface area contributed by atoms with Gasteiger partial charge in [-0.25, -0.2) is 0 Å². The third-order valence-electron chi connectivity index (χ3n) is 9.51. The van der Waals surface area contributed by atoms with Crippen LogP contribution in [0, 0.1) is 23.2 Å². The van der Waals surface area contributed by atoms with Gasteiger partial charge in [-0.3, -0.25) is 9.59 Å². The zero-order valence-electron chi connectivity index (χ0n) is 23.7. The first-order valence-corrected chi connectivity index (χ1v) is 14.9. The molecule has 3 saturated carbocycles. The van der Waals surface area contributed by atoms with Crippen LogP contribution in [0.2, 0.25) is 0 Å². The van der Waals surface area contributed by atoms with Gasteiger partial charge in [-0.05, 0) is 89.0 Å². The number of benzene rings is 2. The van der Waals surface area contributed by atoms with Crippen LogP contribution in [-0.2, 0) is 14.1 Å². The molecule has 9 heteroatoms. The molecule has 0 spiro atoms. The van der Waals surface area contributed by atoms with E-state index < -0.39 is 37.0 Å². The Morgan fingerprint density at radius 2 is 1.82 bits per heavy atom. The minimum Gasteiger partial charge on any atom is -0.404 e.